The quantitative estimate of drug-likeness (QED) is 0.835. The molecule has 3 nitrogen and oxygen atoms in total. The average molecular weight is 363 g/mol. The van der Waals surface area contributed by atoms with Crippen molar-refractivity contribution >= 4 is 0 Å². The van der Waals surface area contributed by atoms with Crippen molar-refractivity contribution in [3.63, 3.8) is 0 Å². The van der Waals surface area contributed by atoms with E-state index < -0.39 is 0 Å². The highest BCUT2D eigenvalue weighted by Crippen LogP contribution is 2.41. The van der Waals surface area contributed by atoms with E-state index in [1.165, 1.54) is 27.8 Å². The first-order chi connectivity index (χ1) is 13.2. The molecular weight excluding hydrogens is 332 g/mol. The molecule has 0 spiro atoms. The minimum Gasteiger partial charge on any atom is -0.383 e. The zero-order chi connectivity index (χ0) is 18.8. The lowest BCUT2D eigenvalue weighted by molar-refractivity contribution is -0.0440. The third-order valence-electron chi connectivity index (χ3n) is 6.33. The van der Waals surface area contributed by atoms with Crippen LogP contribution in [-0.2, 0) is 4.74 Å². The Labute approximate surface area is 163 Å². The van der Waals surface area contributed by atoms with Gasteiger partial charge >= 0.3 is 0 Å². The summed E-state index contributed by atoms with van der Waals surface area (Å²) in [6.45, 7) is 8.21. The van der Waals surface area contributed by atoms with Gasteiger partial charge in [-0.15, -0.1) is 0 Å². The van der Waals surface area contributed by atoms with Crippen molar-refractivity contribution in [2.24, 2.45) is 0 Å². The van der Waals surface area contributed by atoms with E-state index in [1.54, 1.807) is 0 Å². The Morgan fingerprint density at radius 1 is 1.07 bits per heavy atom. The van der Waals surface area contributed by atoms with Crippen molar-refractivity contribution in [2.45, 2.75) is 31.8 Å². The SMILES string of the molecule is COC[C@@H]1[C@@H](c2ccc(-c3cccc(C)c3C)cc2)C2CNC/C=C\CN21. The second-order valence-electron chi connectivity index (χ2n) is 7.81. The molecule has 0 saturated carbocycles. The number of methoxy groups -OCH3 is 1. The van der Waals surface area contributed by atoms with Gasteiger partial charge in [-0.1, -0.05) is 54.6 Å². The maximum atomic E-state index is 5.55. The number of rotatable bonds is 4. The topological polar surface area (TPSA) is 24.5 Å². The Hall–Kier alpha value is -1.94. The Kier molecular flexibility index (Phi) is 5.44. The van der Waals surface area contributed by atoms with Crippen LogP contribution in [0.3, 0.4) is 0 Å². The van der Waals surface area contributed by atoms with Gasteiger partial charge in [0.1, 0.15) is 0 Å². The fourth-order valence-corrected chi connectivity index (χ4v) is 4.69. The van der Waals surface area contributed by atoms with Gasteiger partial charge in [0, 0.05) is 44.7 Å². The molecule has 2 aliphatic rings. The molecule has 2 heterocycles. The van der Waals surface area contributed by atoms with Gasteiger partial charge < -0.3 is 10.1 Å². The summed E-state index contributed by atoms with van der Waals surface area (Å²) in [6.07, 6.45) is 4.51. The maximum absolute atomic E-state index is 5.55. The third-order valence-corrected chi connectivity index (χ3v) is 6.33. The zero-order valence-electron chi connectivity index (χ0n) is 16.6. The number of nitrogens with one attached hydrogen (secondary N) is 1. The number of benzene rings is 2. The summed E-state index contributed by atoms with van der Waals surface area (Å²) < 4.78 is 5.55. The first-order valence-corrected chi connectivity index (χ1v) is 9.97. The molecule has 3 heteroatoms. The first-order valence-electron chi connectivity index (χ1n) is 9.97. The van der Waals surface area contributed by atoms with E-state index >= 15 is 0 Å². The molecule has 1 saturated heterocycles. The fraction of sp³-hybridized carbons (Fsp3) is 0.417. The molecular formula is C24H30N2O. The van der Waals surface area contributed by atoms with Gasteiger partial charge in [-0.3, -0.25) is 4.90 Å². The monoisotopic (exact) mass is 362 g/mol. The first kappa shape index (κ1) is 18.4. The predicted octanol–water partition coefficient (Wildman–Crippen LogP) is 3.91. The Balaban J connectivity index is 1.60. The normalized spacial score (nSPS) is 26.6. The van der Waals surface area contributed by atoms with Crippen LogP contribution in [0.5, 0.6) is 0 Å². The maximum Gasteiger partial charge on any atom is 0.0624 e. The number of hydrogen-bond donors (Lipinski definition) is 1. The second-order valence-corrected chi connectivity index (χ2v) is 7.81. The van der Waals surface area contributed by atoms with Crippen LogP contribution in [-0.4, -0.2) is 50.3 Å². The lowest BCUT2D eigenvalue weighted by Gasteiger charge is -2.55. The van der Waals surface area contributed by atoms with Crippen LogP contribution in [0.25, 0.3) is 11.1 Å². The molecule has 2 aliphatic heterocycles. The molecule has 0 amide bonds. The highest BCUT2D eigenvalue weighted by Gasteiger charge is 2.48. The van der Waals surface area contributed by atoms with Gasteiger partial charge in [-0.25, -0.2) is 0 Å². The van der Waals surface area contributed by atoms with Crippen molar-refractivity contribution < 1.29 is 4.74 Å². The number of aryl methyl sites for hydroxylation is 1. The van der Waals surface area contributed by atoms with Gasteiger partial charge in [0.25, 0.3) is 0 Å². The van der Waals surface area contributed by atoms with E-state index in [0.717, 1.165) is 26.2 Å². The summed E-state index contributed by atoms with van der Waals surface area (Å²) in [5, 5.41) is 3.56. The van der Waals surface area contributed by atoms with Crippen LogP contribution in [0, 0.1) is 13.8 Å². The molecule has 0 bridgehead atoms. The van der Waals surface area contributed by atoms with Crippen LogP contribution in [0.4, 0.5) is 0 Å². The predicted molar refractivity (Wildman–Crippen MR) is 112 cm³/mol. The van der Waals surface area contributed by atoms with E-state index in [2.05, 4.69) is 78.7 Å². The van der Waals surface area contributed by atoms with Crippen LogP contribution in [0.2, 0.25) is 0 Å². The highest BCUT2D eigenvalue weighted by atomic mass is 16.5. The molecule has 1 unspecified atom stereocenters. The molecule has 27 heavy (non-hydrogen) atoms. The molecule has 4 rings (SSSR count). The van der Waals surface area contributed by atoms with Gasteiger partial charge in [0.05, 0.1) is 6.61 Å². The molecule has 0 aromatic heterocycles. The minimum absolute atomic E-state index is 0.455. The molecule has 142 valence electrons. The molecule has 3 atom stereocenters. The Morgan fingerprint density at radius 3 is 2.67 bits per heavy atom. The molecule has 0 aliphatic carbocycles. The average Bonchev–Trinajstić information content (AvgIpc) is 2.66. The van der Waals surface area contributed by atoms with Crippen molar-refractivity contribution in [1.29, 1.82) is 0 Å². The van der Waals surface area contributed by atoms with Gasteiger partial charge in [0.15, 0.2) is 0 Å². The summed E-state index contributed by atoms with van der Waals surface area (Å²) in [5.41, 5.74) is 6.79. The van der Waals surface area contributed by atoms with Crippen LogP contribution < -0.4 is 5.32 Å². The lowest BCUT2D eigenvalue weighted by Crippen LogP contribution is -2.67. The van der Waals surface area contributed by atoms with E-state index in [0.29, 0.717) is 18.0 Å². The summed E-state index contributed by atoms with van der Waals surface area (Å²) in [5.74, 6) is 0.525. The molecule has 1 fully saturated rings. The lowest BCUT2D eigenvalue weighted by atomic mass is 9.74. The fourth-order valence-electron chi connectivity index (χ4n) is 4.69. The van der Waals surface area contributed by atoms with E-state index in [-0.39, 0.29) is 0 Å². The molecule has 2 aromatic rings. The van der Waals surface area contributed by atoms with Gasteiger partial charge in [0.2, 0.25) is 0 Å². The number of fused-ring (bicyclic) bond motifs is 1. The summed E-state index contributed by atoms with van der Waals surface area (Å²) in [7, 11) is 1.81. The van der Waals surface area contributed by atoms with Crippen molar-refractivity contribution in [1.82, 2.24) is 10.2 Å². The highest BCUT2D eigenvalue weighted by molar-refractivity contribution is 5.68. The molecule has 2 aromatic carbocycles. The Bertz CT molecular complexity index is 812. The largest absolute Gasteiger partial charge is 0.383 e. The summed E-state index contributed by atoms with van der Waals surface area (Å²) in [4.78, 5) is 2.58. The summed E-state index contributed by atoms with van der Waals surface area (Å²) >= 11 is 0. The smallest absolute Gasteiger partial charge is 0.0624 e. The van der Waals surface area contributed by atoms with Gasteiger partial charge in [-0.05, 0) is 41.7 Å². The van der Waals surface area contributed by atoms with Crippen molar-refractivity contribution in [3.05, 3.63) is 71.3 Å². The van der Waals surface area contributed by atoms with E-state index in [1.807, 2.05) is 7.11 Å². The van der Waals surface area contributed by atoms with Crippen molar-refractivity contribution in [3.8, 4) is 11.1 Å². The molecule has 0 radical (unpaired) electrons. The number of ether oxygens (including phenoxy) is 1. The van der Waals surface area contributed by atoms with Crippen LogP contribution in [0.1, 0.15) is 22.6 Å². The zero-order valence-corrected chi connectivity index (χ0v) is 16.6. The van der Waals surface area contributed by atoms with Crippen molar-refractivity contribution in [2.75, 3.05) is 33.4 Å². The molecule has 1 N–H and O–H groups in total. The standard InChI is InChI=1S/C24H30N2O/c1-17-7-6-8-21(18(17)2)19-9-11-20(12-10-19)24-22-15-25-13-4-5-14-26(22)23(24)16-27-3/h4-12,22-25H,13-16H2,1-3H3/b5-4-/t22?,23-,24+/m1/s1. The summed E-state index contributed by atoms with van der Waals surface area (Å²) in [6, 6.07) is 16.8. The van der Waals surface area contributed by atoms with E-state index in [4.69, 9.17) is 4.74 Å². The van der Waals surface area contributed by atoms with Gasteiger partial charge in [-0.2, -0.15) is 0 Å². The number of nitrogens with zero attached hydrogens (tertiary/aromatic N) is 1. The second kappa shape index (κ2) is 7.97. The minimum atomic E-state index is 0.455. The third kappa shape index (κ3) is 3.47. The van der Waals surface area contributed by atoms with Crippen LogP contribution in [0.15, 0.2) is 54.6 Å². The van der Waals surface area contributed by atoms with E-state index in [9.17, 15) is 0 Å². The number of hydrogen-bond acceptors (Lipinski definition) is 3. The Morgan fingerprint density at radius 2 is 1.89 bits per heavy atom. The van der Waals surface area contributed by atoms with Crippen LogP contribution >= 0.6 is 0 Å².